The highest BCUT2D eigenvalue weighted by Crippen LogP contribution is 2.28. The third kappa shape index (κ3) is 5.00. The van der Waals surface area contributed by atoms with Gasteiger partial charge in [-0.15, -0.1) is 0 Å². The fraction of sp³-hybridized carbons (Fsp3) is 0.545. The van der Waals surface area contributed by atoms with E-state index in [0.717, 1.165) is 56.1 Å². The van der Waals surface area contributed by atoms with E-state index in [1.54, 1.807) is 0 Å². The number of rotatable bonds is 7. The Morgan fingerprint density at radius 1 is 1.18 bits per heavy atom. The molecule has 0 atom stereocenters. The van der Waals surface area contributed by atoms with Gasteiger partial charge in [0.25, 0.3) is 0 Å². The molecular formula is C22H33N5O. The van der Waals surface area contributed by atoms with E-state index >= 15 is 0 Å². The van der Waals surface area contributed by atoms with Crippen LogP contribution in [0.2, 0.25) is 0 Å². The summed E-state index contributed by atoms with van der Waals surface area (Å²) in [5.41, 5.74) is 3.85. The molecule has 6 nitrogen and oxygen atoms in total. The van der Waals surface area contributed by atoms with E-state index in [2.05, 4.69) is 59.3 Å². The summed E-state index contributed by atoms with van der Waals surface area (Å²) in [4.78, 5) is 13.9. The van der Waals surface area contributed by atoms with Crippen molar-refractivity contribution < 1.29 is 5.11 Å². The van der Waals surface area contributed by atoms with Crippen LogP contribution < -0.4 is 10.2 Å². The molecule has 0 saturated carbocycles. The number of hydrogen-bond donors (Lipinski definition) is 2. The van der Waals surface area contributed by atoms with Crippen molar-refractivity contribution in [2.24, 2.45) is 0 Å². The summed E-state index contributed by atoms with van der Waals surface area (Å²) in [5, 5.41) is 13.6. The lowest BCUT2D eigenvalue weighted by atomic mass is 9.91. The quantitative estimate of drug-likeness (QED) is 0.767. The molecule has 0 saturated heterocycles. The van der Waals surface area contributed by atoms with Crippen LogP contribution in [0.3, 0.4) is 0 Å². The van der Waals surface area contributed by atoms with Crippen molar-refractivity contribution in [1.29, 1.82) is 0 Å². The summed E-state index contributed by atoms with van der Waals surface area (Å²) in [5.74, 6) is 1.69. The molecule has 0 aliphatic carbocycles. The minimum atomic E-state index is -0.804. The highest BCUT2D eigenvalue weighted by atomic mass is 16.3. The number of aliphatic hydroxyl groups is 1. The van der Waals surface area contributed by atoms with E-state index in [1.165, 1.54) is 11.1 Å². The number of fused-ring (bicyclic) bond motifs is 1. The van der Waals surface area contributed by atoms with E-state index < -0.39 is 5.60 Å². The normalized spacial score (nSPS) is 14.3. The molecule has 0 unspecified atom stereocenters. The highest BCUT2D eigenvalue weighted by Gasteiger charge is 2.22. The van der Waals surface area contributed by atoms with Crippen LogP contribution in [0, 0.1) is 0 Å². The van der Waals surface area contributed by atoms with Gasteiger partial charge in [0.1, 0.15) is 5.82 Å². The van der Waals surface area contributed by atoms with Crippen molar-refractivity contribution in [3.8, 4) is 0 Å². The summed E-state index contributed by atoms with van der Waals surface area (Å²) in [7, 11) is 4.12. The van der Waals surface area contributed by atoms with Crippen LogP contribution in [0.4, 0.5) is 11.8 Å². The number of nitrogens with one attached hydrogen (secondary N) is 1. The Morgan fingerprint density at radius 2 is 1.96 bits per heavy atom. The first kappa shape index (κ1) is 20.6. The fourth-order valence-electron chi connectivity index (χ4n) is 3.43. The molecule has 1 aromatic heterocycles. The Kier molecular flexibility index (Phi) is 6.20. The van der Waals surface area contributed by atoms with Gasteiger partial charge in [0.15, 0.2) is 0 Å². The first-order valence-corrected chi connectivity index (χ1v) is 10.1. The average molecular weight is 384 g/mol. The van der Waals surface area contributed by atoms with E-state index in [4.69, 9.17) is 4.98 Å². The van der Waals surface area contributed by atoms with E-state index in [1.807, 2.05) is 19.9 Å². The molecule has 3 rings (SSSR count). The van der Waals surface area contributed by atoms with Crippen molar-refractivity contribution in [1.82, 2.24) is 14.9 Å². The zero-order chi connectivity index (χ0) is 20.3. The van der Waals surface area contributed by atoms with Crippen molar-refractivity contribution in [2.75, 3.05) is 43.9 Å². The first-order valence-electron chi connectivity index (χ1n) is 10.1. The lowest BCUT2D eigenvalue weighted by molar-refractivity contribution is 0.0785. The standard InChI is InChI=1S/C22H33N5O/c1-6-19-14-20(25-21(24-19)23-10-12-26(4)5)27-11-9-16-13-18(22(2,3)28)8-7-17(16)15-27/h7-8,13-14,28H,6,9-12,15H2,1-5H3,(H,23,24,25). The van der Waals surface area contributed by atoms with E-state index in [9.17, 15) is 5.11 Å². The Labute approximate surface area is 168 Å². The van der Waals surface area contributed by atoms with Gasteiger partial charge in [0.05, 0.1) is 5.60 Å². The second-order valence-corrected chi connectivity index (χ2v) is 8.34. The number of likely N-dealkylation sites (N-methyl/N-ethyl adjacent to an activating group) is 1. The van der Waals surface area contributed by atoms with E-state index in [0.29, 0.717) is 5.95 Å². The Balaban J connectivity index is 1.78. The lowest BCUT2D eigenvalue weighted by Gasteiger charge is -2.31. The molecule has 1 aliphatic rings. The molecule has 0 radical (unpaired) electrons. The predicted octanol–water partition coefficient (Wildman–Crippen LogP) is 2.80. The first-order chi connectivity index (χ1) is 13.3. The number of benzene rings is 1. The molecule has 1 aromatic carbocycles. The molecule has 1 aliphatic heterocycles. The summed E-state index contributed by atoms with van der Waals surface area (Å²) >= 11 is 0. The number of aromatic nitrogens is 2. The van der Waals surface area contributed by atoms with Crippen LogP contribution in [-0.2, 0) is 25.0 Å². The molecule has 0 amide bonds. The van der Waals surface area contributed by atoms with Crippen molar-refractivity contribution in [3.05, 3.63) is 46.6 Å². The molecule has 0 bridgehead atoms. The maximum Gasteiger partial charge on any atom is 0.224 e. The molecule has 152 valence electrons. The number of hydrogen-bond acceptors (Lipinski definition) is 6. The summed E-state index contributed by atoms with van der Waals surface area (Å²) in [6.45, 7) is 9.30. The Bertz CT molecular complexity index is 813. The molecular weight excluding hydrogens is 350 g/mol. The van der Waals surface area contributed by atoms with Crippen LogP contribution in [0.15, 0.2) is 24.3 Å². The average Bonchev–Trinajstić information content (AvgIpc) is 2.65. The van der Waals surface area contributed by atoms with E-state index in [-0.39, 0.29) is 0 Å². The van der Waals surface area contributed by atoms with Gasteiger partial charge in [-0.05, 0) is 57.5 Å². The Morgan fingerprint density at radius 3 is 2.64 bits per heavy atom. The molecule has 6 heteroatoms. The second-order valence-electron chi connectivity index (χ2n) is 8.34. The smallest absolute Gasteiger partial charge is 0.224 e. The van der Waals surface area contributed by atoms with Crippen LogP contribution in [-0.4, -0.2) is 53.7 Å². The van der Waals surface area contributed by atoms with Crippen LogP contribution in [0.1, 0.15) is 43.2 Å². The van der Waals surface area contributed by atoms with Gasteiger partial charge >= 0.3 is 0 Å². The largest absolute Gasteiger partial charge is 0.386 e. The fourth-order valence-corrected chi connectivity index (χ4v) is 3.43. The minimum Gasteiger partial charge on any atom is -0.386 e. The van der Waals surface area contributed by atoms with Gasteiger partial charge in [-0.3, -0.25) is 0 Å². The van der Waals surface area contributed by atoms with Gasteiger partial charge in [0.2, 0.25) is 5.95 Å². The van der Waals surface area contributed by atoms with Gasteiger partial charge in [0, 0.05) is 37.9 Å². The summed E-state index contributed by atoms with van der Waals surface area (Å²) < 4.78 is 0. The predicted molar refractivity (Wildman–Crippen MR) is 115 cm³/mol. The van der Waals surface area contributed by atoms with Gasteiger partial charge in [-0.2, -0.15) is 4.98 Å². The topological polar surface area (TPSA) is 64.5 Å². The van der Waals surface area contributed by atoms with Gasteiger partial charge in [-0.25, -0.2) is 4.98 Å². The zero-order valence-electron chi connectivity index (χ0n) is 17.8. The van der Waals surface area contributed by atoms with Crippen molar-refractivity contribution in [3.63, 3.8) is 0 Å². The SMILES string of the molecule is CCc1cc(N2CCc3cc(C(C)(C)O)ccc3C2)nc(NCCN(C)C)n1. The molecule has 28 heavy (non-hydrogen) atoms. The Hall–Kier alpha value is -2.18. The third-order valence-corrected chi connectivity index (χ3v) is 5.22. The minimum absolute atomic E-state index is 0.708. The maximum atomic E-state index is 10.3. The highest BCUT2D eigenvalue weighted by molar-refractivity contribution is 5.49. The maximum absolute atomic E-state index is 10.3. The van der Waals surface area contributed by atoms with Crippen molar-refractivity contribution in [2.45, 2.75) is 45.8 Å². The summed E-state index contributed by atoms with van der Waals surface area (Å²) in [6.07, 6.45) is 1.84. The molecule has 2 aromatic rings. The van der Waals surface area contributed by atoms with Gasteiger partial charge in [-0.1, -0.05) is 25.1 Å². The monoisotopic (exact) mass is 383 g/mol. The zero-order valence-corrected chi connectivity index (χ0v) is 17.8. The van der Waals surface area contributed by atoms with Crippen LogP contribution in [0.25, 0.3) is 0 Å². The van der Waals surface area contributed by atoms with Gasteiger partial charge < -0.3 is 20.2 Å². The third-order valence-electron chi connectivity index (χ3n) is 5.22. The number of nitrogens with zero attached hydrogens (tertiary/aromatic N) is 4. The summed E-state index contributed by atoms with van der Waals surface area (Å²) in [6, 6.07) is 8.44. The molecule has 2 N–H and O–H groups in total. The molecule has 2 heterocycles. The second kappa shape index (κ2) is 8.45. The van der Waals surface area contributed by atoms with Crippen molar-refractivity contribution >= 4 is 11.8 Å². The molecule has 0 spiro atoms. The number of aryl methyl sites for hydroxylation is 1. The molecule has 0 fully saturated rings. The van der Waals surface area contributed by atoms with Crippen LogP contribution >= 0.6 is 0 Å². The number of anilines is 2. The lowest BCUT2D eigenvalue weighted by Crippen LogP contribution is -2.32. The van der Waals surface area contributed by atoms with Crippen LogP contribution in [0.5, 0.6) is 0 Å².